The minimum absolute atomic E-state index is 0. The van der Waals surface area contributed by atoms with Crippen molar-refractivity contribution in [1.29, 1.82) is 0 Å². The van der Waals surface area contributed by atoms with E-state index in [0.717, 1.165) is 10.4 Å². The van der Waals surface area contributed by atoms with Crippen LogP contribution in [0.2, 0.25) is 0 Å². The molecular formula is H7Li2NSi. The van der Waals surface area contributed by atoms with E-state index in [1.165, 1.54) is 0 Å². The summed E-state index contributed by atoms with van der Waals surface area (Å²) in [5, 5.41) is 4.64. The van der Waals surface area contributed by atoms with Gasteiger partial charge in [-0.3, -0.25) is 0 Å². The van der Waals surface area contributed by atoms with E-state index in [-0.39, 0.29) is 37.7 Å². The van der Waals surface area contributed by atoms with Crippen molar-refractivity contribution in [3.63, 3.8) is 0 Å². The SMILES string of the molecule is N[SiH3].[LiH].[LiH]. The zero-order valence-electron chi connectivity index (χ0n) is 1.58. The Balaban J connectivity index is -0.00000000500. The van der Waals surface area contributed by atoms with Gasteiger partial charge in [-0.1, -0.05) is 0 Å². The molecule has 0 aliphatic heterocycles. The molecule has 0 saturated heterocycles. The molecule has 0 bridgehead atoms. The summed E-state index contributed by atoms with van der Waals surface area (Å²) in [4.78, 5) is 0. The van der Waals surface area contributed by atoms with Crippen molar-refractivity contribution in [1.82, 2.24) is 0 Å². The second-order valence-electron chi connectivity index (χ2n) is 0. The Kier molecular flexibility index (Phi) is 121. The molecule has 0 unspecified atom stereocenters. The maximum absolute atomic E-state index is 4.64. The van der Waals surface area contributed by atoms with E-state index in [1.807, 2.05) is 0 Å². The second kappa shape index (κ2) is 26.4. The summed E-state index contributed by atoms with van der Waals surface area (Å²) in [6.07, 6.45) is 0. The standard InChI is InChI=1S/2Li.H5NSi.2H/c;;1-2;;/h;;1H2,2H3;;. The van der Waals surface area contributed by atoms with E-state index >= 15 is 0 Å². The van der Waals surface area contributed by atoms with Gasteiger partial charge >= 0.3 is 37.7 Å². The maximum atomic E-state index is 4.64. The summed E-state index contributed by atoms with van der Waals surface area (Å²) in [6, 6.07) is 0. The first-order chi connectivity index (χ1) is 1.00. The number of rotatable bonds is 0. The van der Waals surface area contributed by atoms with Crippen molar-refractivity contribution in [2.75, 3.05) is 0 Å². The van der Waals surface area contributed by atoms with Crippen LogP contribution in [0.3, 0.4) is 0 Å². The predicted molar refractivity (Wildman–Crippen MR) is 28.4 cm³/mol. The van der Waals surface area contributed by atoms with E-state index in [9.17, 15) is 0 Å². The molecule has 0 aliphatic rings. The molecule has 0 rings (SSSR count). The summed E-state index contributed by atoms with van der Waals surface area (Å²) in [5.41, 5.74) is 0. The third-order valence-corrected chi connectivity index (χ3v) is 0. The Morgan fingerprint density at radius 3 is 1.00 bits per heavy atom. The Labute approximate surface area is 53.6 Å². The summed E-state index contributed by atoms with van der Waals surface area (Å²) in [6.45, 7) is 0. The monoisotopic (exact) mass is 63.1 g/mol. The van der Waals surface area contributed by atoms with Crippen molar-refractivity contribution in [3.8, 4) is 0 Å². The van der Waals surface area contributed by atoms with Gasteiger partial charge in [0, 0.05) is 0 Å². The van der Waals surface area contributed by atoms with Crippen LogP contribution in [0.25, 0.3) is 0 Å². The molecule has 0 amide bonds. The summed E-state index contributed by atoms with van der Waals surface area (Å²) >= 11 is 0. The molecule has 0 aromatic carbocycles. The zero-order chi connectivity index (χ0) is 2.00. The fourth-order valence-electron chi connectivity index (χ4n) is 0. The average molecular weight is 63.0 g/mol. The molecule has 0 aliphatic carbocycles. The molecule has 0 fully saturated rings. The topological polar surface area (TPSA) is 26.0 Å². The van der Waals surface area contributed by atoms with Crippen LogP contribution in [0.5, 0.6) is 0 Å². The van der Waals surface area contributed by atoms with Gasteiger partial charge in [0.15, 0.2) is 0 Å². The molecule has 0 atom stereocenters. The van der Waals surface area contributed by atoms with Gasteiger partial charge in [-0.25, -0.2) is 0 Å². The average Bonchev–Trinajstić information content (AvgIpc) is 1.00. The first kappa shape index (κ1) is 18.3. The number of hydrogen-bond acceptors (Lipinski definition) is 1. The van der Waals surface area contributed by atoms with Gasteiger partial charge in [0.2, 0.25) is 0 Å². The first-order valence-corrected chi connectivity index (χ1v) is 1.73. The molecule has 0 spiro atoms. The molecule has 4 heteroatoms. The van der Waals surface area contributed by atoms with Crippen LogP contribution < -0.4 is 5.40 Å². The molecule has 0 saturated carbocycles. The normalized spacial score (nSPS) is 2.25. The Hall–Kier alpha value is 1.37. The summed E-state index contributed by atoms with van der Waals surface area (Å²) < 4.78 is 0. The van der Waals surface area contributed by atoms with Crippen LogP contribution in [0, 0.1) is 0 Å². The van der Waals surface area contributed by atoms with Crippen molar-refractivity contribution in [2.24, 2.45) is 5.40 Å². The van der Waals surface area contributed by atoms with E-state index in [0.29, 0.717) is 0 Å². The zero-order valence-corrected chi connectivity index (χ0v) is 3.58. The molecule has 0 radical (unpaired) electrons. The van der Waals surface area contributed by atoms with Gasteiger partial charge in [-0.05, 0) is 0 Å². The van der Waals surface area contributed by atoms with Gasteiger partial charge < -0.3 is 5.40 Å². The molecule has 0 aromatic rings. The van der Waals surface area contributed by atoms with E-state index in [1.54, 1.807) is 0 Å². The third-order valence-electron chi connectivity index (χ3n) is 0. The van der Waals surface area contributed by atoms with Gasteiger partial charge in [-0.2, -0.15) is 0 Å². The first-order valence-electron chi connectivity index (χ1n) is 0.577. The van der Waals surface area contributed by atoms with Crippen LogP contribution >= 0.6 is 0 Å². The molecule has 0 heterocycles. The van der Waals surface area contributed by atoms with Gasteiger partial charge in [0.1, 0.15) is 0 Å². The molecule has 2 N–H and O–H groups in total. The molecule has 18 valence electrons. The summed E-state index contributed by atoms with van der Waals surface area (Å²) in [7, 11) is 0.806. The van der Waals surface area contributed by atoms with Crippen LogP contribution in [-0.4, -0.2) is 48.1 Å². The van der Waals surface area contributed by atoms with Crippen molar-refractivity contribution in [3.05, 3.63) is 0 Å². The second-order valence-corrected chi connectivity index (χ2v) is 0. The van der Waals surface area contributed by atoms with Crippen molar-refractivity contribution >= 4 is 48.1 Å². The third kappa shape index (κ3) is 10.1. The van der Waals surface area contributed by atoms with Gasteiger partial charge in [0.05, 0.1) is 10.4 Å². The van der Waals surface area contributed by atoms with E-state index in [2.05, 4.69) is 5.40 Å². The predicted octanol–water partition coefficient (Wildman–Crippen LogP) is -3.07. The van der Waals surface area contributed by atoms with Crippen LogP contribution in [0.15, 0.2) is 0 Å². The fraction of sp³-hybridized carbons (Fsp3) is 0. The summed E-state index contributed by atoms with van der Waals surface area (Å²) in [5.74, 6) is 0. The van der Waals surface area contributed by atoms with Gasteiger partial charge in [0.25, 0.3) is 0 Å². The minimum atomic E-state index is 0. The van der Waals surface area contributed by atoms with Crippen molar-refractivity contribution < 1.29 is 0 Å². The quantitative estimate of drug-likeness (QED) is 0.297. The van der Waals surface area contributed by atoms with E-state index in [4.69, 9.17) is 0 Å². The van der Waals surface area contributed by atoms with Crippen LogP contribution in [0.1, 0.15) is 0 Å². The molecular weight excluding hydrogens is 56.0 g/mol. The van der Waals surface area contributed by atoms with Crippen molar-refractivity contribution in [2.45, 2.75) is 0 Å². The van der Waals surface area contributed by atoms with Crippen LogP contribution in [0.4, 0.5) is 0 Å². The van der Waals surface area contributed by atoms with Crippen LogP contribution in [-0.2, 0) is 0 Å². The van der Waals surface area contributed by atoms with E-state index < -0.39 is 0 Å². The number of hydrogen-bond donors (Lipinski definition) is 1. The molecule has 1 nitrogen and oxygen atoms in total. The fourth-order valence-corrected chi connectivity index (χ4v) is 0. The number of nitrogens with two attached hydrogens (primary N) is 1. The Bertz CT molecular complexity index is 6.00. The Morgan fingerprint density at radius 1 is 1.00 bits per heavy atom. The molecule has 0 aromatic heterocycles. The Morgan fingerprint density at radius 2 is 1.00 bits per heavy atom. The van der Waals surface area contributed by atoms with Gasteiger partial charge in [-0.15, -0.1) is 0 Å². The molecule has 4 heavy (non-hydrogen) atoms.